The summed E-state index contributed by atoms with van der Waals surface area (Å²) in [7, 11) is 1.64. The second-order valence-electron chi connectivity index (χ2n) is 6.61. The van der Waals surface area contributed by atoms with Crippen LogP contribution in [0.5, 0.6) is 5.75 Å². The van der Waals surface area contributed by atoms with Gasteiger partial charge in [-0.15, -0.1) is 10.2 Å². The van der Waals surface area contributed by atoms with Crippen molar-refractivity contribution in [1.29, 1.82) is 0 Å². The van der Waals surface area contributed by atoms with Gasteiger partial charge in [0.2, 0.25) is 5.91 Å². The van der Waals surface area contributed by atoms with E-state index >= 15 is 0 Å². The Kier molecular flexibility index (Phi) is 5.18. The number of methoxy groups -OCH3 is 1. The van der Waals surface area contributed by atoms with Crippen LogP contribution in [0.15, 0.2) is 53.3 Å². The zero-order valence-corrected chi connectivity index (χ0v) is 15.5. The fraction of sp³-hybridized carbons (Fsp3) is 0.300. The van der Waals surface area contributed by atoms with Gasteiger partial charge in [-0.2, -0.15) is 0 Å². The number of anilines is 2. The third-order valence-corrected chi connectivity index (χ3v) is 4.91. The van der Waals surface area contributed by atoms with E-state index in [-0.39, 0.29) is 11.8 Å². The first-order chi connectivity index (χ1) is 13.7. The van der Waals surface area contributed by atoms with Crippen molar-refractivity contribution in [2.75, 3.05) is 30.4 Å². The second-order valence-corrected chi connectivity index (χ2v) is 6.61. The highest BCUT2D eigenvalue weighted by atomic mass is 16.5. The monoisotopic (exact) mass is 379 g/mol. The summed E-state index contributed by atoms with van der Waals surface area (Å²) < 4.78 is 10.1. The molecule has 1 aromatic carbocycles. The molecule has 3 heterocycles. The summed E-state index contributed by atoms with van der Waals surface area (Å²) in [4.78, 5) is 14.5. The van der Waals surface area contributed by atoms with E-state index in [2.05, 4.69) is 25.6 Å². The molecule has 0 radical (unpaired) electrons. The lowest BCUT2D eigenvalue weighted by molar-refractivity contribution is -0.120. The molecular weight excluding hydrogens is 358 g/mol. The Labute approximate surface area is 162 Å². The Hall–Kier alpha value is -3.42. The highest BCUT2D eigenvalue weighted by molar-refractivity contribution is 5.91. The number of carbonyl (C=O) groups excluding carboxylic acids is 1. The Morgan fingerprint density at radius 2 is 1.96 bits per heavy atom. The highest BCUT2D eigenvalue weighted by Gasteiger charge is 2.26. The maximum atomic E-state index is 12.3. The number of amides is 1. The molecule has 1 N–H and O–H groups in total. The number of nitrogens with one attached hydrogen (secondary N) is 1. The minimum atomic E-state index is -0.0474. The van der Waals surface area contributed by atoms with Crippen LogP contribution in [-0.2, 0) is 4.79 Å². The van der Waals surface area contributed by atoms with E-state index in [0.29, 0.717) is 5.82 Å². The number of hydrogen-bond donors (Lipinski definition) is 1. The van der Waals surface area contributed by atoms with E-state index < -0.39 is 0 Å². The Morgan fingerprint density at radius 3 is 2.64 bits per heavy atom. The Balaban J connectivity index is 1.38. The minimum absolute atomic E-state index is 0.0221. The van der Waals surface area contributed by atoms with Gasteiger partial charge in [-0.25, -0.2) is 0 Å². The van der Waals surface area contributed by atoms with Crippen LogP contribution in [0.25, 0.3) is 11.3 Å². The average Bonchev–Trinajstić information content (AvgIpc) is 3.27. The summed E-state index contributed by atoms with van der Waals surface area (Å²) in [6.45, 7) is 1.50. The number of carbonyl (C=O) groups is 1. The van der Waals surface area contributed by atoms with Gasteiger partial charge in [-0.3, -0.25) is 4.79 Å². The predicted molar refractivity (Wildman–Crippen MR) is 104 cm³/mol. The van der Waals surface area contributed by atoms with Crippen LogP contribution < -0.4 is 15.0 Å². The molecule has 0 unspecified atom stereocenters. The van der Waals surface area contributed by atoms with Crippen molar-refractivity contribution >= 4 is 17.5 Å². The van der Waals surface area contributed by atoms with Crippen molar-refractivity contribution in [2.24, 2.45) is 5.92 Å². The van der Waals surface area contributed by atoms with E-state index in [1.807, 2.05) is 36.4 Å². The van der Waals surface area contributed by atoms with Crippen molar-refractivity contribution in [3.63, 3.8) is 0 Å². The fourth-order valence-electron chi connectivity index (χ4n) is 3.37. The molecule has 1 aliphatic heterocycles. The zero-order valence-electron chi connectivity index (χ0n) is 15.5. The summed E-state index contributed by atoms with van der Waals surface area (Å²) in [5.41, 5.74) is 1.68. The fourth-order valence-corrected chi connectivity index (χ4v) is 3.37. The SMILES string of the molecule is COc1ccccc1-c1ccc(N2CCC(C(=O)Nc3ccon3)CC2)nn1. The first kappa shape index (κ1) is 18.0. The van der Waals surface area contributed by atoms with E-state index in [4.69, 9.17) is 9.26 Å². The molecule has 0 aliphatic carbocycles. The number of piperidine rings is 1. The van der Waals surface area contributed by atoms with Gasteiger partial charge in [-0.05, 0) is 37.1 Å². The quantitative estimate of drug-likeness (QED) is 0.728. The lowest BCUT2D eigenvalue weighted by atomic mass is 9.96. The Bertz CT molecular complexity index is 919. The van der Waals surface area contributed by atoms with Gasteiger partial charge in [0.05, 0.1) is 12.8 Å². The van der Waals surface area contributed by atoms with Crippen molar-refractivity contribution in [3.05, 3.63) is 48.7 Å². The molecule has 1 fully saturated rings. The third-order valence-electron chi connectivity index (χ3n) is 4.91. The molecular formula is C20H21N5O3. The van der Waals surface area contributed by atoms with Crippen LogP contribution in [0, 0.1) is 5.92 Å². The van der Waals surface area contributed by atoms with Gasteiger partial charge in [0.1, 0.15) is 12.0 Å². The minimum Gasteiger partial charge on any atom is -0.496 e. The predicted octanol–water partition coefficient (Wildman–Crippen LogP) is 3.00. The number of benzene rings is 1. The molecule has 4 rings (SSSR count). The van der Waals surface area contributed by atoms with Gasteiger partial charge in [0.25, 0.3) is 0 Å². The van der Waals surface area contributed by atoms with E-state index in [0.717, 1.165) is 48.8 Å². The maximum absolute atomic E-state index is 12.3. The molecule has 1 amide bonds. The molecule has 1 aliphatic rings. The van der Waals surface area contributed by atoms with Crippen LogP contribution in [-0.4, -0.2) is 41.5 Å². The second kappa shape index (κ2) is 8.08. The van der Waals surface area contributed by atoms with Gasteiger partial charge < -0.3 is 19.5 Å². The molecule has 3 aromatic rings. The summed E-state index contributed by atoms with van der Waals surface area (Å²) in [6, 6.07) is 13.3. The van der Waals surface area contributed by atoms with Crippen LogP contribution >= 0.6 is 0 Å². The van der Waals surface area contributed by atoms with Crippen molar-refractivity contribution < 1.29 is 14.1 Å². The molecule has 144 valence electrons. The summed E-state index contributed by atoms with van der Waals surface area (Å²) in [5, 5.41) is 15.2. The summed E-state index contributed by atoms with van der Waals surface area (Å²) in [5.74, 6) is 1.96. The van der Waals surface area contributed by atoms with Crippen LogP contribution in [0.2, 0.25) is 0 Å². The zero-order chi connectivity index (χ0) is 19.3. The number of hydrogen-bond acceptors (Lipinski definition) is 7. The molecule has 1 saturated heterocycles. The molecule has 0 spiro atoms. The average molecular weight is 379 g/mol. The van der Waals surface area contributed by atoms with Gasteiger partial charge in [-0.1, -0.05) is 17.3 Å². The number of rotatable bonds is 5. The summed E-state index contributed by atoms with van der Waals surface area (Å²) >= 11 is 0. The first-order valence-electron chi connectivity index (χ1n) is 9.18. The number of para-hydroxylation sites is 1. The number of ether oxygens (including phenoxy) is 1. The van der Waals surface area contributed by atoms with Crippen molar-refractivity contribution in [2.45, 2.75) is 12.8 Å². The molecule has 8 nitrogen and oxygen atoms in total. The Morgan fingerprint density at radius 1 is 1.14 bits per heavy atom. The van der Waals surface area contributed by atoms with Crippen molar-refractivity contribution in [1.82, 2.24) is 15.4 Å². The van der Waals surface area contributed by atoms with Crippen LogP contribution in [0.4, 0.5) is 11.6 Å². The third kappa shape index (κ3) is 3.80. The van der Waals surface area contributed by atoms with E-state index in [1.165, 1.54) is 6.26 Å². The van der Waals surface area contributed by atoms with E-state index in [9.17, 15) is 4.79 Å². The smallest absolute Gasteiger partial charge is 0.228 e. The normalized spacial score (nSPS) is 14.7. The standard InChI is InChI=1S/C20H21N5O3/c1-27-17-5-3-2-4-15(17)16-6-7-19(23-22-16)25-11-8-14(9-12-25)20(26)21-18-10-13-28-24-18/h2-7,10,13-14H,8-9,11-12H2,1H3,(H,21,24,26). The maximum Gasteiger partial charge on any atom is 0.228 e. The largest absolute Gasteiger partial charge is 0.496 e. The number of aromatic nitrogens is 3. The van der Waals surface area contributed by atoms with Gasteiger partial charge in [0, 0.05) is 30.6 Å². The molecule has 8 heteroatoms. The van der Waals surface area contributed by atoms with Gasteiger partial charge in [0.15, 0.2) is 11.6 Å². The lowest BCUT2D eigenvalue weighted by Gasteiger charge is -2.31. The molecule has 2 aromatic heterocycles. The van der Waals surface area contributed by atoms with Crippen LogP contribution in [0.3, 0.4) is 0 Å². The molecule has 0 bridgehead atoms. The van der Waals surface area contributed by atoms with Crippen LogP contribution in [0.1, 0.15) is 12.8 Å². The number of nitrogens with zero attached hydrogens (tertiary/aromatic N) is 4. The highest BCUT2D eigenvalue weighted by Crippen LogP contribution is 2.29. The van der Waals surface area contributed by atoms with Crippen molar-refractivity contribution in [3.8, 4) is 17.0 Å². The molecule has 28 heavy (non-hydrogen) atoms. The molecule has 0 atom stereocenters. The lowest BCUT2D eigenvalue weighted by Crippen LogP contribution is -2.38. The topological polar surface area (TPSA) is 93.4 Å². The first-order valence-corrected chi connectivity index (χ1v) is 9.18. The summed E-state index contributed by atoms with van der Waals surface area (Å²) in [6.07, 6.45) is 2.94. The molecule has 0 saturated carbocycles. The van der Waals surface area contributed by atoms with Gasteiger partial charge >= 0.3 is 0 Å². The van der Waals surface area contributed by atoms with E-state index in [1.54, 1.807) is 13.2 Å².